The number of aryl methyl sites for hydroxylation is 1. The number of methoxy groups -OCH3 is 1. The molecule has 0 fully saturated rings. The third-order valence-electron chi connectivity index (χ3n) is 3.06. The monoisotopic (exact) mass is 298 g/mol. The van der Waals surface area contributed by atoms with Gasteiger partial charge in [0.05, 0.1) is 11.5 Å². The third-order valence-corrected chi connectivity index (χ3v) is 4.64. The quantitative estimate of drug-likeness (QED) is 0.845. The number of amides is 1. The van der Waals surface area contributed by atoms with E-state index in [2.05, 4.69) is 10.0 Å². The molecule has 2 rings (SSSR count). The van der Waals surface area contributed by atoms with Crippen molar-refractivity contribution in [2.75, 3.05) is 19.0 Å². The van der Waals surface area contributed by atoms with Crippen LogP contribution in [0.2, 0.25) is 0 Å². The topological polar surface area (TPSA) is 84.5 Å². The molecule has 1 aliphatic heterocycles. The van der Waals surface area contributed by atoms with Crippen LogP contribution in [0.15, 0.2) is 23.1 Å². The van der Waals surface area contributed by atoms with E-state index in [1.165, 1.54) is 13.2 Å². The molecule has 20 heavy (non-hydrogen) atoms. The van der Waals surface area contributed by atoms with Gasteiger partial charge < -0.3 is 10.1 Å². The molecule has 0 radical (unpaired) electrons. The van der Waals surface area contributed by atoms with E-state index in [1.807, 2.05) is 0 Å². The zero-order chi connectivity index (χ0) is 14.8. The van der Waals surface area contributed by atoms with Gasteiger partial charge in [-0.2, -0.15) is 0 Å². The molecule has 7 heteroatoms. The van der Waals surface area contributed by atoms with Crippen LogP contribution in [-0.4, -0.2) is 34.1 Å². The van der Waals surface area contributed by atoms with Gasteiger partial charge in [0, 0.05) is 25.3 Å². The highest BCUT2D eigenvalue weighted by molar-refractivity contribution is 7.89. The van der Waals surface area contributed by atoms with Gasteiger partial charge in [-0.3, -0.25) is 4.79 Å². The van der Waals surface area contributed by atoms with Crippen molar-refractivity contribution < 1.29 is 17.9 Å². The highest BCUT2D eigenvalue weighted by Gasteiger charge is 2.21. The molecule has 0 bridgehead atoms. The van der Waals surface area contributed by atoms with Crippen LogP contribution in [0.4, 0.5) is 5.69 Å². The number of nitrogens with one attached hydrogen (secondary N) is 2. The molecule has 0 spiro atoms. The summed E-state index contributed by atoms with van der Waals surface area (Å²) in [4.78, 5) is 11.5. The lowest BCUT2D eigenvalue weighted by atomic mass is 10.0. The fourth-order valence-corrected chi connectivity index (χ4v) is 3.42. The van der Waals surface area contributed by atoms with E-state index in [0.717, 1.165) is 5.56 Å². The molecule has 1 unspecified atom stereocenters. The highest BCUT2D eigenvalue weighted by Crippen LogP contribution is 2.25. The third kappa shape index (κ3) is 3.36. The molecular formula is C13H18N2O4S. The molecule has 0 saturated heterocycles. The van der Waals surface area contributed by atoms with Gasteiger partial charge in [0.1, 0.15) is 0 Å². The summed E-state index contributed by atoms with van der Waals surface area (Å²) in [5.74, 6) is -0.0417. The van der Waals surface area contributed by atoms with E-state index < -0.39 is 10.0 Å². The Morgan fingerprint density at radius 2 is 2.15 bits per heavy atom. The van der Waals surface area contributed by atoms with Gasteiger partial charge in [-0.25, -0.2) is 13.1 Å². The molecule has 1 amide bonds. The Morgan fingerprint density at radius 3 is 2.85 bits per heavy atom. The number of carbonyl (C=O) groups excluding carboxylic acids is 1. The first kappa shape index (κ1) is 15.0. The number of rotatable bonds is 5. The molecule has 1 aromatic carbocycles. The fourth-order valence-electron chi connectivity index (χ4n) is 2.14. The van der Waals surface area contributed by atoms with E-state index in [-0.39, 0.29) is 16.8 Å². The Kier molecular flexibility index (Phi) is 4.42. The predicted molar refractivity (Wildman–Crippen MR) is 75.1 cm³/mol. The van der Waals surface area contributed by atoms with Gasteiger partial charge in [-0.05, 0) is 37.1 Å². The molecule has 110 valence electrons. The van der Waals surface area contributed by atoms with E-state index in [9.17, 15) is 13.2 Å². The molecule has 0 aliphatic carbocycles. The minimum absolute atomic E-state index is 0.0417. The van der Waals surface area contributed by atoms with Crippen LogP contribution in [0, 0.1) is 0 Å². The van der Waals surface area contributed by atoms with E-state index in [1.54, 1.807) is 19.1 Å². The number of benzene rings is 1. The van der Waals surface area contributed by atoms with Gasteiger partial charge in [0.25, 0.3) is 0 Å². The van der Waals surface area contributed by atoms with Gasteiger partial charge in [0.2, 0.25) is 15.9 Å². The maximum Gasteiger partial charge on any atom is 0.240 e. The maximum absolute atomic E-state index is 12.2. The average Bonchev–Trinajstić information content (AvgIpc) is 2.37. The molecule has 1 heterocycles. The zero-order valence-corrected chi connectivity index (χ0v) is 12.3. The van der Waals surface area contributed by atoms with Crippen molar-refractivity contribution in [1.82, 2.24) is 4.72 Å². The number of ether oxygens (including phenoxy) is 1. The fraction of sp³-hybridized carbons (Fsp3) is 0.462. The van der Waals surface area contributed by atoms with Crippen LogP contribution in [0.1, 0.15) is 18.9 Å². The number of carbonyl (C=O) groups is 1. The molecule has 0 saturated carbocycles. The summed E-state index contributed by atoms with van der Waals surface area (Å²) in [6.07, 6.45) is 0.933. The zero-order valence-electron chi connectivity index (χ0n) is 11.5. The molecule has 6 nitrogen and oxygen atoms in total. The summed E-state index contributed by atoms with van der Waals surface area (Å²) in [5.41, 5.74) is 1.53. The second-order valence-electron chi connectivity index (χ2n) is 4.84. The van der Waals surface area contributed by atoms with E-state index in [0.29, 0.717) is 25.1 Å². The van der Waals surface area contributed by atoms with Crippen molar-refractivity contribution in [2.45, 2.75) is 30.7 Å². The van der Waals surface area contributed by atoms with E-state index >= 15 is 0 Å². The maximum atomic E-state index is 12.2. The summed E-state index contributed by atoms with van der Waals surface area (Å²) >= 11 is 0. The summed E-state index contributed by atoms with van der Waals surface area (Å²) in [6, 6.07) is 4.42. The first-order valence-electron chi connectivity index (χ1n) is 6.36. The second-order valence-corrected chi connectivity index (χ2v) is 6.56. The molecule has 1 atom stereocenters. The Hall–Kier alpha value is -1.44. The van der Waals surface area contributed by atoms with Gasteiger partial charge in [-0.1, -0.05) is 0 Å². The molecule has 1 aromatic rings. The Labute approximate surface area is 118 Å². The Bertz CT molecular complexity index is 613. The first-order chi connectivity index (χ1) is 9.42. The molecule has 0 aromatic heterocycles. The summed E-state index contributed by atoms with van der Waals surface area (Å²) in [6.45, 7) is 2.04. The smallest absolute Gasteiger partial charge is 0.240 e. The number of fused-ring (bicyclic) bond motifs is 1. The van der Waals surface area contributed by atoms with Crippen LogP contribution >= 0.6 is 0 Å². The average molecular weight is 298 g/mol. The normalized spacial score (nSPS) is 16.4. The largest absolute Gasteiger partial charge is 0.383 e. The van der Waals surface area contributed by atoms with Gasteiger partial charge in [0.15, 0.2) is 0 Å². The highest BCUT2D eigenvalue weighted by atomic mass is 32.2. The summed E-state index contributed by atoms with van der Waals surface area (Å²) in [5, 5.41) is 2.73. The lowest BCUT2D eigenvalue weighted by Crippen LogP contribution is -2.35. The number of sulfonamides is 1. The van der Waals surface area contributed by atoms with Crippen LogP contribution in [0.5, 0.6) is 0 Å². The number of hydrogen-bond acceptors (Lipinski definition) is 4. The minimum Gasteiger partial charge on any atom is -0.383 e. The summed E-state index contributed by atoms with van der Waals surface area (Å²) in [7, 11) is -2.05. The summed E-state index contributed by atoms with van der Waals surface area (Å²) < 4.78 is 31.9. The van der Waals surface area contributed by atoms with Crippen LogP contribution in [-0.2, 0) is 26.0 Å². The van der Waals surface area contributed by atoms with Crippen molar-refractivity contribution in [3.05, 3.63) is 23.8 Å². The van der Waals surface area contributed by atoms with Crippen LogP contribution < -0.4 is 10.0 Å². The Morgan fingerprint density at radius 1 is 1.40 bits per heavy atom. The molecule has 2 N–H and O–H groups in total. The number of hydrogen-bond donors (Lipinski definition) is 2. The lowest BCUT2D eigenvalue weighted by molar-refractivity contribution is -0.116. The first-order valence-corrected chi connectivity index (χ1v) is 7.85. The lowest BCUT2D eigenvalue weighted by Gasteiger charge is -2.18. The van der Waals surface area contributed by atoms with Crippen molar-refractivity contribution in [1.29, 1.82) is 0 Å². The standard InChI is InChI=1S/C13H18N2O4S/c1-9(8-19-2)15-20(17,18)11-4-5-12-10(7-11)3-6-13(16)14-12/h4-5,7,9,15H,3,6,8H2,1-2H3,(H,14,16). The predicted octanol–water partition coefficient (Wildman–Crippen LogP) is 0.884. The van der Waals surface area contributed by atoms with Crippen molar-refractivity contribution in [3.63, 3.8) is 0 Å². The van der Waals surface area contributed by atoms with Crippen LogP contribution in [0.3, 0.4) is 0 Å². The van der Waals surface area contributed by atoms with Crippen molar-refractivity contribution in [2.24, 2.45) is 0 Å². The molecule has 1 aliphatic rings. The minimum atomic E-state index is -3.57. The molecular weight excluding hydrogens is 280 g/mol. The SMILES string of the molecule is COCC(C)NS(=O)(=O)c1ccc2c(c1)CCC(=O)N2. The van der Waals surface area contributed by atoms with Gasteiger partial charge >= 0.3 is 0 Å². The van der Waals surface area contributed by atoms with Crippen molar-refractivity contribution >= 4 is 21.6 Å². The van der Waals surface area contributed by atoms with Crippen molar-refractivity contribution in [3.8, 4) is 0 Å². The van der Waals surface area contributed by atoms with Crippen LogP contribution in [0.25, 0.3) is 0 Å². The second kappa shape index (κ2) is 5.90. The Balaban J connectivity index is 2.23. The van der Waals surface area contributed by atoms with Gasteiger partial charge in [-0.15, -0.1) is 0 Å². The van der Waals surface area contributed by atoms with E-state index in [4.69, 9.17) is 4.74 Å². The number of anilines is 1.